The molecule has 0 radical (unpaired) electrons. The van der Waals surface area contributed by atoms with Crippen LogP contribution in [0.2, 0.25) is 0 Å². The molecule has 0 fully saturated rings. The monoisotopic (exact) mass is 244 g/mol. The van der Waals surface area contributed by atoms with E-state index < -0.39 is 0 Å². The number of nitrogens with zero attached hydrogens (tertiary/aromatic N) is 3. The maximum atomic E-state index is 8.39. The van der Waals surface area contributed by atoms with E-state index >= 15 is 0 Å². The lowest BCUT2D eigenvalue weighted by Crippen LogP contribution is -1.77. The summed E-state index contributed by atoms with van der Waals surface area (Å²) in [7, 11) is 0. The highest BCUT2D eigenvalue weighted by atomic mass is 127. The molecule has 0 spiro atoms. The summed E-state index contributed by atoms with van der Waals surface area (Å²) in [4.78, 5) is 6.38. The lowest BCUT2D eigenvalue weighted by molar-refractivity contribution is 1.21. The number of halogens is 1. The van der Waals surface area contributed by atoms with Gasteiger partial charge in [0.1, 0.15) is 12.1 Å². The highest BCUT2D eigenvalue weighted by Crippen LogP contribution is 2.04. The number of nitriles is 2. The lowest BCUT2D eigenvalue weighted by atomic mass is 10.4. The molecule has 0 unspecified atom stereocenters. The van der Waals surface area contributed by atoms with Crippen molar-refractivity contribution in [3.05, 3.63) is 15.2 Å². The van der Waals surface area contributed by atoms with Crippen LogP contribution in [-0.2, 0) is 0 Å². The van der Waals surface area contributed by atoms with Gasteiger partial charge in [0.15, 0.2) is 15.2 Å². The van der Waals surface area contributed by atoms with Crippen molar-refractivity contribution in [3.8, 4) is 12.1 Å². The van der Waals surface area contributed by atoms with Gasteiger partial charge in [0.25, 0.3) is 0 Å². The van der Waals surface area contributed by atoms with Crippen LogP contribution in [-0.4, -0.2) is 9.97 Å². The third-order valence-electron chi connectivity index (χ3n) is 0.893. The van der Waals surface area contributed by atoms with Crippen molar-refractivity contribution in [1.29, 1.82) is 10.5 Å². The van der Waals surface area contributed by atoms with Crippen LogP contribution in [0.25, 0.3) is 0 Å². The Bertz CT molecular complexity index is 295. The number of hydrogen-bond acceptors (Lipinski definition) is 3. The molecule has 1 heterocycles. The minimum atomic E-state index is 0.159. The van der Waals surface area contributed by atoms with Gasteiger partial charge in [-0.2, -0.15) is 10.5 Å². The minimum absolute atomic E-state index is 0.159. The summed E-state index contributed by atoms with van der Waals surface area (Å²) in [5.74, 6) is 0. The molecule has 0 aliphatic rings. The molecule has 1 rings (SSSR count). The molecule has 0 aromatic carbocycles. The molecule has 48 valence electrons. The Kier molecular flexibility index (Phi) is 1.88. The van der Waals surface area contributed by atoms with Crippen molar-refractivity contribution in [1.82, 2.24) is 9.97 Å². The molecule has 0 saturated carbocycles. The fourth-order valence-electron chi connectivity index (χ4n) is 0.506. The lowest BCUT2D eigenvalue weighted by Gasteiger charge is -1.73. The van der Waals surface area contributed by atoms with Crippen molar-refractivity contribution in [2.45, 2.75) is 0 Å². The quantitative estimate of drug-likeness (QED) is 0.684. The van der Waals surface area contributed by atoms with Gasteiger partial charge in [0, 0.05) is 0 Å². The van der Waals surface area contributed by atoms with E-state index in [9.17, 15) is 0 Å². The first-order valence-electron chi connectivity index (χ1n) is 2.33. The molecular formula is C5HIN4. The first-order chi connectivity index (χ1) is 4.77. The van der Waals surface area contributed by atoms with E-state index in [1.54, 1.807) is 6.07 Å². The second-order valence-electron chi connectivity index (χ2n) is 1.47. The maximum absolute atomic E-state index is 8.39. The Morgan fingerprint density at radius 2 is 2.10 bits per heavy atom. The number of nitrogens with one attached hydrogen (secondary N) is 1. The van der Waals surface area contributed by atoms with Crippen molar-refractivity contribution in [2.24, 2.45) is 0 Å². The van der Waals surface area contributed by atoms with Crippen molar-refractivity contribution in [3.63, 3.8) is 0 Å². The molecule has 0 atom stereocenters. The van der Waals surface area contributed by atoms with Crippen LogP contribution in [0.3, 0.4) is 0 Å². The molecule has 0 aliphatic heterocycles. The van der Waals surface area contributed by atoms with Gasteiger partial charge in [-0.1, -0.05) is 0 Å². The van der Waals surface area contributed by atoms with Gasteiger partial charge in [-0.15, -0.1) is 0 Å². The van der Waals surface area contributed by atoms with Crippen molar-refractivity contribution in [2.75, 3.05) is 0 Å². The Morgan fingerprint density at radius 1 is 1.40 bits per heavy atom. The van der Waals surface area contributed by atoms with Gasteiger partial charge in [0.05, 0.1) is 0 Å². The molecule has 0 bridgehead atoms. The molecule has 4 nitrogen and oxygen atoms in total. The third kappa shape index (κ3) is 1.09. The summed E-state index contributed by atoms with van der Waals surface area (Å²) in [5, 5.41) is 16.8. The molecule has 0 aliphatic carbocycles. The van der Waals surface area contributed by atoms with E-state index in [4.69, 9.17) is 10.5 Å². The summed E-state index contributed by atoms with van der Waals surface area (Å²) >= 11 is 1.90. The Balaban J connectivity index is 3.28. The minimum Gasteiger partial charge on any atom is -0.324 e. The van der Waals surface area contributed by atoms with Crippen LogP contribution in [0.4, 0.5) is 0 Å². The number of aromatic amines is 1. The highest BCUT2D eigenvalue weighted by Gasteiger charge is 2.05. The molecule has 1 aromatic heterocycles. The van der Waals surface area contributed by atoms with E-state index in [1.165, 1.54) is 0 Å². The van der Waals surface area contributed by atoms with Crippen LogP contribution < -0.4 is 0 Å². The number of hydrogen-bond donors (Lipinski definition) is 1. The zero-order chi connectivity index (χ0) is 7.56. The standard InChI is InChI=1S/C5HIN4/c6-5-9-3(1-7)4(2-8)10-5/h(H,9,10). The zero-order valence-electron chi connectivity index (χ0n) is 4.72. The second-order valence-corrected chi connectivity index (χ2v) is 2.50. The first-order valence-corrected chi connectivity index (χ1v) is 3.41. The Hall–Kier alpha value is -1.08. The van der Waals surface area contributed by atoms with Crippen LogP contribution >= 0.6 is 22.6 Å². The SMILES string of the molecule is N#Cc1nc(I)[nH]c1C#N. The number of rotatable bonds is 0. The summed E-state index contributed by atoms with van der Waals surface area (Å²) < 4.78 is 0.561. The van der Waals surface area contributed by atoms with Crippen LogP contribution in [0, 0.1) is 26.5 Å². The number of aromatic nitrogens is 2. The smallest absolute Gasteiger partial charge is 0.177 e. The van der Waals surface area contributed by atoms with E-state index in [2.05, 4.69) is 9.97 Å². The van der Waals surface area contributed by atoms with Gasteiger partial charge in [-0.3, -0.25) is 0 Å². The Labute approximate surface area is 70.6 Å². The molecular weight excluding hydrogens is 243 g/mol. The molecule has 0 amide bonds. The van der Waals surface area contributed by atoms with E-state index in [-0.39, 0.29) is 11.4 Å². The van der Waals surface area contributed by atoms with Crippen LogP contribution in [0.5, 0.6) is 0 Å². The normalized spacial score (nSPS) is 8.30. The molecule has 0 saturated heterocycles. The predicted octanol–water partition coefficient (Wildman–Crippen LogP) is 0.758. The van der Waals surface area contributed by atoms with E-state index in [0.29, 0.717) is 3.83 Å². The van der Waals surface area contributed by atoms with Crippen molar-refractivity contribution < 1.29 is 0 Å². The van der Waals surface area contributed by atoms with Gasteiger partial charge >= 0.3 is 0 Å². The number of imidazole rings is 1. The van der Waals surface area contributed by atoms with Crippen LogP contribution in [0.15, 0.2) is 0 Å². The summed E-state index contributed by atoms with van der Waals surface area (Å²) in [5.41, 5.74) is 0.388. The predicted molar refractivity (Wildman–Crippen MR) is 40.7 cm³/mol. The van der Waals surface area contributed by atoms with Crippen LogP contribution in [0.1, 0.15) is 11.4 Å². The first kappa shape index (κ1) is 7.03. The third-order valence-corrected chi connectivity index (χ3v) is 1.40. The van der Waals surface area contributed by atoms with Crippen molar-refractivity contribution >= 4 is 22.6 Å². The summed E-state index contributed by atoms with van der Waals surface area (Å²) in [6, 6.07) is 3.62. The van der Waals surface area contributed by atoms with Gasteiger partial charge < -0.3 is 4.98 Å². The molecule has 5 heteroatoms. The molecule has 1 N–H and O–H groups in total. The van der Waals surface area contributed by atoms with Gasteiger partial charge in [-0.25, -0.2) is 4.98 Å². The average Bonchev–Trinajstić information content (AvgIpc) is 2.30. The largest absolute Gasteiger partial charge is 0.324 e. The van der Waals surface area contributed by atoms with E-state index in [1.807, 2.05) is 28.7 Å². The van der Waals surface area contributed by atoms with Gasteiger partial charge in [0.2, 0.25) is 0 Å². The number of H-pyrrole nitrogens is 1. The maximum Gasteiger partial charge on any atom is 0.177 e. The average molecular weight is 244 g/mol. The molecule has 10 heavy (non-hydrogen) atoms. The van der Waals surface area contributed by atoms with Gasteiger partial charge in [-0.05, 0) is 22.6 Å². The fourth-order valence-corrected chi connectivity index (χ4v) is 1.02. The topological polar surface area (TPSA) is 76.3 Å². The van der Waals surface area contributed by atoms with E-state index in [0.717, 1.165) is 0 Å². The molecule has 1 aromatic rings. The summed E-state index contributed by atoms with van der Waals surface area (Å²) in [6.45, 7) is 0. The second kappa shape index (κ2) is 2.67. The summed E-state index contributed by atoms with van der Waals surface area (Å²) in [6.07, 6.45) is 0. The Morgan fingerprint density at radius 3 is 2.50 bits per heavy atom. The fraction of sp³-hybridized carbons (Fsp3) is 0. The zero-order valence-corrected chi connectivity index (χ0v) is 6.88. The highest BCUT2D eigenvalue weighted by molar-refractivity contribution is 14.1.